The molecule has 0 aliphatic rings. The Morgan fingerprint density at radius 2 is 2.00 bits per heavy atom. The van der Waals surface area contributed by atoms with Crippen LogP contribution in [-0.2, 0) is 16.2 Å². The van der Waals surface area contributed by atoms with Gasteiger partial charge in [0.05, 0.1) is 12.2 Å². The Kier molecular flexibility index (Phi) is 6.13. The predicted molar refractivity (Wildman–Crippen MR) is 73.8 cm³/mol. The number of likely N-dealkylation sites (N-methyl/N-ethyl adjacent to an activating group) is 1. The van der Waals surface area contributed by atoms with Crippen LogP contribution in [0, 0.1) is 0 Å². The Bertz CT molecular complexity index is 409. The number of halogens is 4. The summed E-state index contributed by atoms with van der Waals surface area (Å²) in [6.07, 6.45) is -4.33. The van der Waals surface area contributed by atoms with Crippen LogP contribution < -0.4 is 4.90 Å². The van der Waals surface area contributed by atoms with Crippen molar-refractivity contribution in [2.24, 2.45) is 0 Å². The SMILES string of the molecule is CCOCCN(C)c1ccc(CBr)c(C(F)(F)F)c1. The second kappa shape index (κ2) is 7.14. The average molecular weight is 340 g/mol. The van der Waals surface area contributed by atoms with Gasteiger partial charge in [0, 0.05) is 31.2 Å². The molecule has 2 nitrogen and oxygen atoms in total. The molecule has 0 fully saturated rings. The first-order chi connectivity index (χ1) is 8.90. The molecule has 0 aromatic heterocycles. The lowest BCUT2D eigenvalue weighted by Crippen LogP contribution is -2.23. The van der Waals surface area contributed by atoms with Crippen molar-refractivity contribution >= 4 is 21.6 Å². The maximum Gasteiger partial charge on any atom is 0.416 e. The van der Waals surface area contributed by atoms with Crippen molar-refractivity contribution in [2.75, 3.05) is 31.7 Å². The standard InChI is InChI=1S/C13H17BrF3NO/c1-3-19-7-6-18(2)11-5-4-10(9-14)12(8-11)13(15,16)17/h4-5,8H,3,6-7,9H2,1-2H3. The third kappa shape index (κ3) is 4.69. The molecule has 0 saturated heterocycles. The number of hydrogen-bond acceptors (Lipinski definition) is 2. The minimum absolute atomic E-state index is 0.185. The average Bonchev–Trinajstić information content (AvgIpc) is 2.37. The molecule has 0 saturated carbocycles. The van der Waals surface area contributed by atoms with Crippen LogP contribution in [0.3, 0.4) is 0 Å². The van der Waals surface area contributed by atoms with Crippen molar-refractivity contribution in [1.29, 1.82) is 0 Å². The van der Waals surface area contributed by atoms with Gasteiger partial charge in [-0.05, 0) is 24.6 Å². The summed E-state index contributed by atoms with van der Waals surface area (Å²) >= 11 is 3.08. The Morgan fingerprint density at radius 3 is 2.53 bits per heavy atom. The quantitative estimate of drug-likeness (QED) is 0.572. The molecule has 19 heavy (non-hydrogen) atoms. The van der Waals surface area contributed by atoms with Gasteiger partial charge in [-0.2, -0.15) is 13.2 Å². The van der Waals surface area contributed by atoms with Gasteiger partial charge in [0.2, 0.25) is 0 Å². The number of ether oxygens (including phenoxy) is 1. The minimum Gasteiger partial charge on any atom is -0.380 e. The van der Waals surface area contributed by atoms with E-state index < -0.39 is 11.7 Å². The van der Waals surface area contributed by atoms with E-state index in [1.165, 1.54) is 12.1 Å². The molecule has 0 unspecified atom stereocenters. The molecule has 6 heteroatoms. The van der Waals surface area contributed by atoms with Gasteiger partial charge >= 0.3 is 6.18 Å². The van der Waals surface area contributed by atoms with Crippen LogP contribution in [0.1, 0.15) is 18.1 Å². The zero-order valence-electron chi connectivity index (χ0n) is 10.9. The number of benzene rings is 1. The monoisotopic (exact) mass is 339 g/mol. The molecule has 0 heterocycles. The van der Waals surface area contributed by atoms with E-state index in [0.29, 0.717) is 25.4 Å². The van der Waals surface area contributed by atoms with Crippen molar-refractivity contribution in [3.8, 4) is 0 Å². The molecule has 0 N–H and O–H groups in total. The van der Waals surface area contributed by atoms with Crippen molar-refractivity contribution in [3.05, 3.63) is 29.3 Å². The fourth-order valence-electron chi connectivity index (χ4n) is 1.66. The van der Waals surface area contributed by atoms with Crippen LogP contribution in [-0.4, -0.2) is 26.8 Å². The van der Waals surface area contributed by atoms with E-state index in [1.807, 2.05) is 6.92 Å². The summed E-state index contributed by atoms with van der Waals surface area (Å²) in [7, 11) is 1.75. The zero-order chi connectivity index (χ0) is 14.5. The second-order valence-electron chi connectivity index (χ2n) is 4.09. The molecule has 0 radical (unpaired) electrons. The van der Waals surface area contributed by atoms with Gasteiger partial charge in [0.25, 0.3) is 0 Å². The normalized spacial score (nSPS) is 11.7. The Hall–Kier alpha value is -0.750. The molecule has 0 bridgehead atoms. The van der Waals surface area contributed by atoms with E-state index in [2.05, 4.69) is 15.9 Å². The third-order valence-corrected chi connectivity index (χ3v) is 3.36. The highest BCUT2D eigenvalue weighted by Gasteiger charge is 2.33. The Labute approximate surface area is 119 Å². The molecule has 108 valence electrons. The van der Waals surface area contributed by atoms with Gasteiger partial charge in [-0.15, -0.1) is 0 Å². The van der Waals surface area contributed by atoms with Crippen LogP contribution >= 0.6 is 15.9 Å². The molecule has 0 atom stereocenters. The van der Waals surface area contributed by atoms with Crippen LogP contribution in [0.4, 0.5) is 18.9 Å². The van der Waals surface area contributed by atoms with Crippen LogP contribution in [0.5, 0.6) is 0 Å². The second-order valence-corrected chi connectivity index (χ2v) is 4.65. The smallest absolute Gasteiger partial charge is 0.380 e. The van der Waals surface area contributed by atoms with E-state index >= 15 is 0 Å². The van der Waals surface area contributed by atoms with Crippen LogP contribution in [0.15, 0.2) is 18.2 Å². The molecule has 1 rings (SSSR count). The number of nitrogens with zero attached hydrogens (tertiary/aromatic N) is 1. The number of alkyl halides is 4. The summed E-state index contributed by atoms with van der Waals surface area (Å²) in [4.78, 5) is 1.75. The minimum atomic E-state index is -4.33. The third-order valence-electron chi connectivity index (χ3n) is 2.76. The van der Waals surface area contributed by atoms with Crippen molar-refractivity contribution in [3.63, 3.8) is 0 Å². The fraction of sp³-hybridized carbons (Fsp3) is 0.538. The number of hydrogen-bond donors (Lipinski definition) is 0. The van der Waals surface area contributed by atoms with E-state index in [-0.39, 0.29) is 10.9 Å². The van der Waals surface area contributed by atoms with Gasteiger partial charge < -0.3 is 9.64 Å². The first kappa shape index (κ1) is 16.3. The van der Waals surface area contributed by atoms with Crippen molar-refractivity contribution in [2.45, 2.75) is 18.4 Å². The largest absolute Gasteiger partial charge is 0.416 e. The van der Waals surface area contributed by atoms with E-state index in [4.69, 9.17) is 4.74 Å². The first-order valence-electron chi connectivity index (χ1n) is 5.95. The molecule has 0 amide bonds. The van der Waals surface area contributed by atoms with Crippen LogP contribution in [0.25, 0.3) is 0 Å². The van der Waals surface area contributed by atoms with Crippen LogP contribution in [0.2, 0.25) is 0 Å². The summed E-state index contributed by atoms with van der Waals surface area (Å²) in [5, 5.41) is 0.185. The molecular formula is C13H17BrF3NO. The summed E-state index contributed by atoms with van der Waals surface area (Å²) in [6, 6.07) is 4.38. The maximum atomic E-state index is 12.9. The van der Waals surface area contributed by atoms with Gasteiger partial charge in [0.15, 0.2) is 0 Å². The molecular weight excluding hydrogens is 323 g/mol. The summed E-state index contributed by atoms with van der Waals surface area (Å²) in [5.74, 6) is 0. The summed E-state index contributed by atoms with van der Waals surface area (Å²) in [5.41, 5.74) is 0.191. The lowest BCUT2D eigenvalue weighted by atomic mass is 10.1. The Morgan fingerprint density at radius 1 is 1.32 bits per heavy atom. The highest BCUT2D eigenvalue weighted by molar-refractivity contribution is 9.08. The van der Waals surface area contributed by atoms with E-state index in [0.717, 1.165) is 0 Å². The number of rotatable bonds is 6. The maximum absolute atomic E-state index is 12.9. The van der Waals surface area contributed by atoms with Crippen molar-refractivity contribution in [1.82, 2.24) is 0 Å². The molecule has 1 aromatic rings. The lowest BCUT2D eigenvalue weighted by molar-refractivity contribution is -0.138. The van der Waals surface area contributed by atoms with Crippen molar-refractivity contribution < 1.29 is 17.9 Å². The van der Waals surface area contributed by atoms with E-state index in [1.54, 1.807) is 18.0 Å². The molecule has 0 aliphatic carbocycles. The van der Waals surface area contributed by atoms with Gasteiger partial charge in [-0.1, -0.05) is 22.0 Å². The molecule has 0 spiro atoms. The highest BCUT2D eigenvalue weighted by Crippen LogP contribution is 2.35. The highest BCUT2D eigenvalue weighted by atomic mass is 79.9. The van der Waals surface area contributed by atoms with Gasteiger partial charge in [-0.25, -0.2) is 0 Å². The number of anilines is 1. The Balaban J connectivity index is 2.91. The zero-order valence-corrected chi connectivity index (χ0v) is 12.5. The van der Waals surface area contributed by atoms with Gasteiger partial charge in [0.1, 0.15) is 0 Å². The molecule has 0 aliphatic heterocycles. The summed E-state index contributed by atoms with van der Waals surface area (Å²) < 4.78 is 44.0. The predicted octanol–water partition coefficient (Wildman–Crippen LogP) is 4.07. The fourth-order valence-corrected chi connectivity index (χ4v) is 2.15. The van der Waals surface area contributed by atoms with E-state index in [9.17, 15) is 13.2 Å². The first-order valence-corrected chi connectivity index (χ1v) is 7.07. The molecule has 1 aromatic carbocycles. The topological polar surface area (TPSA) is 12.5 Å². The summed E-state index contributed by atoms with van der Waals surface area (Å²) in [6.45, 7) is 3.53. The lowest BCUT2D eigenvalue weighted by Gasteiger charge is -2.21. The van der Waals surface area contributed by atoms with Gasteiger partial charge in [-0.3, -0.25) is 0 Å².